The van der Waals surface area contributed by atoms with Gasteiger partial charge in [0.05, 0.1) is 6.61 Å². The van der Waals surface area contributed by atoms with E-state index in [9.17, 15) is 22.0 Å². The van der Waals surface area contributed by atoms with Gasteiger partial charge in [-0.3, -0.25) is 4.90 Å². The average Bonchev–Trinajstić information content (AvgIpc) is 2.85. The SMILES string of the molecule is COCCN1CC(N)C(c2cc(F)cc(F)c2)C1.O=C(O)C(F)(F)F. The lowest BCUT2D eigenvalue weighted by molar-refractivity contribution is -0.192. The van der Waals surface area contributed by atoms with E-state index in [2.05, 4.69) is 4.90 Å². The molecule has 2 rings (SSSR count). The Morgan fingerprint density at radius 1 is 1.28 bits per heavy atom. The van der Waals surface area contributed by atoms with E-state index in [1.54, 1.807) is 7.11 Å². The molecule has 25 heavy (non-hydrogen) atoms. The van der Waals surface area contributed by atoms with E-state index in [1.165, 1.54) is 12.1 Å². The van der Waals surface area contributed by atoms with Gasteiger partial charge in [-0.2, -0.15) is 13.2 Å². The lowest BCUT2D eigenvalue weighted by Crippen LogP contribution is -2.30. The van der Waals surface area contributed by atoms with E-state index < -0.39 is 23.8 Å². The van der Waals surface area contributed by atoms with Crippen molar-refractivity contribution in [3.63, 3.8) is 0 Å². The third kappa shape index (κ3) is 6.92. The number of hydrogen-bond donors (Lipinski definition) is 2. The molecule has 1 aliphatic rings. The van der Waals surface area contributed by atoms with Gasteiger partial charge in [0, 0.05) is 44.8 Å². The first-order valence-electron chi connectivity index (χ1n) is 7.27. The summed E-state index contributed by atoms with van der Waals surface area (Å²) in [5.41, 5.74) is 6.68. The molecule has 142 valence electrons. The predicted octanol–water partition coefficient (Wildman–Crippen LogP) is 1.97. The van der Waals surface area contributed by atoms with Crippen molar-refractivity contribution >= 4 is 5.97 Å². The van der Waals surface area contributed by atoms with E-state index >= 15 is 0 Å². The lowest BCUT2D eigenvalue weighted by Gasteiger charge is -2.15. The molecule has 3 N–H and O–H groups in total. The molecular weight excluding hydrogens is 351 g/mol. The summed E-state index contributed by atoms with van der Waals surface area (Å²) in [5.74, 6) is -3.88. The number of ether oxygens (including phenoxy) is 1. The molecule has 1 aromatic carbocycles. The standard InChI is InChI=1S/C13H18F2N2O.C2HF3O2/c1-18-3-2-17-7-12(13(16)8-17)9-4-10(14)6-11(15)5-9;3-2(4,5)1(6)7/h4-6,12-13H,2-3,7-8,16H2,1H3;(H,6,7). The fourth-order valence-electron chi connectivity index (χ4n) is 2.46. The Balaban J connectivity index is 0.000000381. The maximum Gasteiger partial charge on any atom is 0.490 e. The quantitative estimate of drug-likeness (QED) is 0.793. The van der Waals surface area contributed by atoms with Gasteiger partial charge in [-0.05, 0) is 17.7 Å². The number of aliphatic carboxylic acids is 1. The molecule has 5 nitrogen and oxygen atoms in total. The lowest BCUT2D eigenvalue weighted by atomic mass is 9.95. The molecule has 1 saturated heterocycles. The number of alkyl halides is 3. The number of carboxylic acid groups (broad SMARTS) is 1. The second-order valence-electron chi connectivity index (χ2n) is 5.53. The molecule has 0 aromatic heterocycles. The van der Waals surface area contributed by atoms with Crippen LogP contribution < -0.4 is 5.73 Å². The Hall–Kier alpha value is -1.78. The minimum Gasteiger partial charge on any atom is -0.475 e. The van der Waals surface area contributed by atoms with Gasteiger partial charge in [0.2, 0.25) is 0 Å². The van der Waals surface area contributed by atoms with Crippen molar-refractivity contribution in [3.05, 3.63) is 35.4 Å². The topological polar surface area (TPSA) is 75.8 Å². The summed E-state index contributed by atoms with van der Waals surface area (Å²) < 4.78 is 63.1. The van der Waals surface area contributed by atoms with Crippen LogP contribution in [0, 0.1) is 11.6 Å². The summed E-state index contributed by atoms with van der Waals surface area (Å²) in [6, 6.07) is 3.52. The number of carbonyl (C=O) groups is 1. The van der Waals surface area contributed by atoms with Crippen LogP contribution in [-0.4, -0.2) is 61.5 Å². The van der Waals surface area contributed by atoms with Gasteiger partial charge >= 0.3 is 12.1 Å². The van der Waals surface area contributed by atoms with Crippen LogP contribution in [0.2, 0.25) is 0 Å². The van der Waals surface area contributed by atoms with Gasteiger partial charge in [-0.15, -0.1) is 0 Å². The summed E-state index contributed by atoms with van der Waals surface area (Å²) in [5, 5.41) is 7.12. The van der Waals surface area contributed by atoms with Crippen LogP contribution in [0.5, 0.6) is 0 Å². The maximum atomic E-state index is 13.2. The smallest absolute Gasteiger partial charge is 0.475 e. The van der Waals surface area contributed by atoms with Crippen molar-refractivity contribution in [3.8, 4) is 0 Å². The number of hydrogen-bond acceptors (Lipinski definition) is 4. The van der Waals surface area contributed by atoms with Crippen LogP contribution in [0.3, 0.4) is 0 Å². The predicted molar refractivity (Wildman–Crippen MR) is 79.1 cm³/mol. The molecule has 1 aliphatic heterocycles. The number of nitrogens with two attached hydrogens (primary N) is 1. The first-order valence-corrected chi connectivity index (χ1v) is 7.27. The summed E-state index contributed by atoms with van der Waals surface area (Å²) in [7, 11) is 1.65. The summed E-state index contributed by atoms with van der Waals surface area (Å²) in [6.45, 7) is 2.87. The fraction of sp³-hybridized carbons (Fsp3) is 0.533. The van der Waals surface area contributed by atoms with Crippen molar-refractivity contribution < 1.29 is 36.6 Å². The molecule has 10 heteroatoms. The Labute approximate surface area is 141 Å². The number of nitrogens with zero attached hydrogens (tertiary/aromatic N) is 1. The zero-order valence-electron chi connectivity index (χ0n) is 13.4. The van der Waals surface area contributed by atoms with Gasteiger partial charge in [0.15, 0.2) is 0 Å². The highest BCUT2D eigenvalue weighted by Crippen LogP contribution is 2.27. The monoisotopic (exact) mass is 370 g/mol. The second-order valence-corrected chi connectivity index (χ2v) is 5.53. The van der Waals surface area contributed by atoms with Crippen LogP contribution in [0.25, 0.3) is 0 Å². The highest BCUT2D eigenvalue weighted by Gasteiger charge is 2.38. The van der Waals surface area contributed by atoms with Crippen molar-refractivity contribution in [2.75, 3.05) is 33.4 Å². The molecule has 2 atom stereocenters. The molecule has 0 amide bonds. The maximum absolute atomic E-state index is 13.2. The zero-order valence-corrected chi connectivity index (χ0v) is 13.4. The second kappa shape index (κ2) is 9.07. The highest BCUT2D eigenvalue weighted by molar-refractivity contribution is 5.73. The molecule has 0 bridgehead atoms. The van der Waals surface area contributed by atoms with Gasteiger partial charge in [-0.1, -0.05) is 0 Å². The first kappa shape index (κ1) is 21.3. The zero-order chi connectivity index (χ0) is 19.2. The Bertz CT molecular complexity index is 563. The van der Waals surface area contributed by atoms with Gasteiger partial charge < -0.3 is 15.6 Å². The molecule has 1 fully saturated rings. The first-order chi connectivity index (χ1) is 11.5. The van der Waals surface area contributed by atoms with E-state index in [0.29, 0.717) is 18.7 Å². The van der Waals surface area contributed by atoms with E-state index in [-0.39, 0.29) is 12.0 Å². The van der Waals surface area contributed by atoms with Crippen molar-refractivity contribution in [1.82, 2.24) is 4.90 Å². The Morgan fingerprint density at radius 2 is 1.80 bits per heavy atom. The third-order valence-electron chi connectivity index (χ3n) is 3.61. The summed E-state index contributed by atoms with van der Waals surface area (Å²) in [4.78, 5) is 11.1. The summed E-state index contributed by atoms with van der Waals surface area (Å²) >= 11 is 0. The third-order valence-corrected chi connectivity index (χ3v) is 3.61. The number of halogens is 5. The van der Waals surface area contributed by atoms with Gasteiger partial charge in [0.1, 0.15) is 11.6 Å². The van der Waals surface area contributed by atoms with Crippen LogP contribution in [0.1, 0.15) is 11.5 Å². The highest BCUT2D eigenvalue weighted by atomic mass is 19.4. The van der Waals surface area contributed by atoms with Crippen molar-refractivity contribution in [1.29, 1.82) is 0 Å². The van der Waals surface area contributed by atoms with E-state index in [0.717, 1.165) is 19.2 Å². The largest absolute Gasteiger partial charge is 0.490 e. The van der Waals surface area contributed by atoms with Crippen LogP contribution >= 0.6 is 0 Å². The van der Waals surface area contributed by atoms with Crippen molar-refractivity contribution in [2.45, 2.75) is 18.1 Å². The fourth-order valence-corrected chi connectivity index (χ4v) is 2.46. The number of carboxylic acids is 1. The van der Waals surface area contributed by atoms with Crippen LogP contribution in [0.4, 0.5) is 22.0 Å². The molecular formula is C15H19F5N2O3. The minimum atomic E-state index is -5.08. The molecule has 0 aliphatic carbocycles. The van der Waals surface area contributed by atoms with Gasteiger partial charge in [0.25, 0.3) is 0 Å². The number of likely N-dealkylation sites (tertiary alicyclic amines) is 1. The Kier molecular flexibility index (Phi) is 7.71. The van der Waals surface area contributed by atoms with E-state index in [1.807, 2.05) is 0 Å². The molecule has 0 radical (unpaired) electrons. The van der Waals surface area contributed by atoms with Gasteiger partial charge in [-0.25, -0.2) is 13.6 Å². The number of methoxy groups -OCH3 is 1. The number of rotatable bonds is 4. The summed E-state index contributed by atoms with van der Waals surface area (Å²) in [6.07, 6.45) is -5.08. The van der Waals surface area contributed by atoms with Crippen molar-refractivity contribution in [2.24, 2.45) is 5.73 Å². The van der Waals surface area contributed by atoms with E-state index in [4.69, 9.17) is 20.4 Å². The normalized spacial score (nSPS) is 20.9. The molecule has 1 heterocycles. The average molecular weight is 370 g/mol. The van der Waals surface area contributed by atoms with Crippen LogP contribution in [-0.2, 0) is 9.53 Å². The number of benzene rings is 1. The Morgan fingerprint density at radius 3 is 2.24 bits per heavy atom. The molecule has 1 aromatic rings. The molecule has 2 unspecified atom stereocenters. The molecule has 0 saturated carbocycles. The molecule has 0 spiro atoms. The van der Waals surface area contributed by atoms with Crippen LogP contribution in [0.15, 0.2) is 18.2 Å². The minimum absolute atomic E-state index is 0.0212.